The van der Waals surface area contributed by atoms with Crippen molar-refractivity contribution in [1.82, 2.24) is 5.32 Å². The van der Waals surface area contributed by atoms with Gasteiger partial charge in [-0.3, -0.25) is 9.59 Å². The topological polar surface area (TPSA) is 254 Å². The molecule has 7 unspecified atom stereocenters. The quantitative estimate of drug-likeness (QED) is 0.0555. The minimum Gasteiger partial charge on any atom is -0.504 e. The van der Waals surface area contributed by atoms with Crippen LogP contribution < -0.4 is 5.32 Å². The van der Waals surface area contributed by atoms with Crippen LogP contribution in [-0.4, -0.2) is 141 Å². The van der Waals surface area contributed by atoms with Crippen LogP contribution in [0.25, 0.3) is 0 Å². The summed E-state index contributed by atoms with van der Waals surface area (Å²) >= 11 is 0. The fourth-order valence-corrected chi connectivity index (χ4v) is 5.14. The number of aliphatic hydroxyl groups excluding tert-OH is 6. The highest BCUT2D eigenvalue weighted by Gasteiger charge is 2.51. The van der Waals surface area contributed by atoms with E-state index in [1.54, 1.807) is 0 Å². The van der Waals surface area contributed by atoms with Crippen LogP contribution in [-0.2, 0) is 28.5 Å². The van der Waals surface area contributed by atoms with Crippen molar-refractivity contribution in [2.75, 3.05) is 26.9 Å². The number of hydrogen-bond donors (Lipinski definition) is 9. The second-order valence-corrected chi connectivity index (χ2v) is 11.0. The molecule has 0 bridgehead atoms. The molecule has 2 saturated heterocycles. The van der Waals surface area contributed by atoms with Gasteiger partial charge in [0.2, 0.25) is 0 Å². The molecule has 0 aliphatic carbocycles. The number of phenolic OH excluding ortho intramolecular Hbond substituents is 2. The summed E-state index contributed by atoms with van der Waals surface area (Å²) in [5.74, 6) is -2.06. The number of aromatic hydroxyl groups is 2. The van der Waals surface area contributed by atoms with Crippen molar-refractivity contribution in [3.8, 4) is 11.5 Å². The number of nitrogens with one attached hydrogen (secondary N) is 1. The maximum absolute atomic E-state index is 13.2. The van der Waals surface area contributed by atoms with Gasteiger partial charge in [-0.2, -0.15) is 0 Å². The van der Waals surface area contributed by atoms with Gasteiger partial charge in [-0.15, -0.1) is 0 Å². The van der Waals surface area contributed by atoms with Gasteiger partial charge in [0.05, 0.1) is 20.3 Å². The summed E-state index contributed by atoms with van der Waals surface area (Å²) in [5, 5.41) is 83.6. The molecule has 10 atom stereocenters. The highest BCUT2D eigenvalue weighted by atomic mass is 16.7. The summed E-state index contributed by atoms with van der Waals surface area (Å²) in [6.07, 6.45) is -8.97. The number of hydrogen-bond acceptors (Lipinski definition) is 15. The molecule has 1 amide bonds. The Morgan fingerprint density at radius 1 is 0.800 bits per heavy atom. The van der Waals surface area contributed by atoms with Gasteiger partial charge in [-0.05, 0) is 31.0 Å². The minimum atomic E-state index is -1.83. The molecule has 2 heterocycles. The summed E-state index contributed by atoms with van der Waals surface area (Å²) < 4.78 is 27.6. The second-order valence-electron chi connectivity index (χ2n) is 11.0. The number of carbonyl (C=O) groups is 2. The number of phenols is 2. The van der Waals surface area contributed by atoms with E-state index in [0.717, 1.165) is 44.2 Å². The van der Waals surface area contributed by atoms with Gasteiger partial charge in [0.25, 0.3) is 5.91 Å². The summed E-state index contributed by atoms with van der Waals surface area (Å²) in [6, 6.07) is 2.02. The first-order valence-corrected chi connectivity index (χ1v) is 14.9. The number of esters is 1. The van der Waals surface area contributed by atoms with Gasteiger partial charge in [-0.25, -0.2) is 0 Å². The van der Waals surface area contributed by atoms with E-state index in [1.807, 2.05) is 0 Å². The molecule has 0 aromatic heterocycles. The van der Waals surface area contributed by atoms with Crippen molar-refractivity contribution in [2.24, 2.45) is 0 Å². The fraction of sp³-hybridized carbons (Fsp3) is 0.724. The Morgan fingerprint density at radius 2 is 1.42 bits per heavy atom. The van der Waals surface area contributed by atoms with Crippen molar-refractivity contribution < 1.29 is 74.1 Å². The fourth-order valence-electron chi connectivity index (χ4n) is 5.14. The SMILES string of the molecule is COC(=O)CCCCCCCCO[C@@H]1OC(CO)[C@H](O)C(OC2OC(CO)[C@@H](O)C(O)C2O)C1NC(=O)c1ccc(O)c(O)c1. The molecule has 16 nitrogen and oxygen atoms in total. The molecule has 45 heavy (non-hydrogen) atoms. The molecule has 256 valence electrons. The maximum Gasteiger partial charge on any atom is 0.305 e. The molecule has 1 aromatic carbocycles. The van der Waals surface area contributed by atoms with Crippen molar-refractivity contribution >= 4 is 11.9 Å². The molecular weight excluding hydrogens is 602 g/mol. The maximum atomic E-state index is 13.2. The van der Waals surface area contributed by atoms with Crippen LogP contribution in [0.3, 0.4) is 0 Å². The van der Waals surface area contributed by atoms with Crippen LogP contribution in [0.15, 0.2) is 18.2 Å². The van der Waals surface area contributed by atoms with Gasteiger partial charge in [0.15, 0.2) is 24.1 Å². The number of rotatable bonds is 16. The number of aliphatic hydroxyl groups is 6. The first kappa shape index (κ1) is 36.8. The Morgan fingerprint density at radius 3 is 2.07 bits per heavy atom. The van der Waals surface area contributed by atoms with Gasteiger partial charge in [0.1, 0.15) is 48.8 Å². The van der Waals surface area contributed by atoms with E-state index in [-0.39, 0.29) is 18.1 Å². The molecule has 3 rings (SSSR count). The van der Waals surface area contributed by atoms with Crippen LogP contribution in [0.2, 0.25) is 0 Å². The van der Waals surface area contributed by atoms with E-state index >= 15 is 0 Å². The van der Waals surface area contributed by atoms with E-state index in [4.69, 9.17) is 18.9 Å². The minimum absolute atomic E-state index is 0.0818. The van der Waals surface area contributed by atoms with E-state index in [1.165, 1.54) is 13.2 Å². The molecule has 2 fully saturated rings. The first-order chi connectivity index (χ1) is 21.5. The Labute approximate surface area is 260 Å². The van der Waals surface area contributed by atoms with Crippen LogP contribution in [0.5, 0.6) is 11.5 Å². The highest BCUT2D eigenvalue weighted by molar-refractivity contribution is 5.95. The number of ether oxygens (including phenoxy) is 5. The third-order valence-electron chi connectivity index (χ3n) is 7.81. The van der Waals surface area contributed by atoms with E-state index < -0.39 is 92.0 Å². The smallest absolute Gasteiger partial charge is 0.305 e. The zero-order valence-electron chi connectivity index (χ0n) is 25.0. The normalized spacial score (nSPS) is 31.8. The third kappa shape index (κ3) is 9.92. The standard InChI is InChI=1S/C29H45NO15/c1-41-20(35)8-6-4-2-3-5-7-11-42-28-21(30-27(40)15-9-10-16(33)17(34)12-15)26(23(37)19(14-32)43-28)45-29-25(39)24(38)22(36)18(13-31)44-29/h9-10,12,18-19,21-26,28-29,31-34,36-39H,2-8,11,13-14H2,1H3,(H,30,40)/t18?,19?,21?,22-,23+,24?,25?,26?,28-,29?/m1/s1. The molecular formula is C29H45NO15. The Bertz CT molecular complexity index is 1070. The first-order valence-electron chi connectivity index (χ1n) is 14.9. The average Bonchev–Trinajstić information content (AvgIpc) is 3.03. The third-order valence-corrected chi connectivity index (χ3v) is 7.81. The molecule has 0 spiro atoms. The molecule has 0 radical (unpaired) electrons. The van der Waals surface area contributed by atoms with Crippen molar-refractivity contribution in [3.63, 3.8) is 0 Å². The molecule has 2 aliphatic rings. The molecule has 9 N–H and O–H groups in total. The number of amides is 1. The Kier molecular flexibility index (Phi) is 14.6. The Balaban J connectivity index is 1.74. The summed E-state index contributed by atoms with van der Waals surface area (Å²) in [5.41, 5.74) is -0.0818. The van der Waals surface area contributed by atoms with Gasteiger partial charge in [0, 0.05) is 18.6 Å². The van der Waals surface area contributed by atoms with Crippen LogP contribution in [0.1, 0.15) is 55.3 Å². The largest absolute Gasteiger partial charge is 0.504 e. The van der Waals surface area contributed by atoms with E-state index in [0.29, 0.717) is 12.8 Å². The van der Waals surface area contributed by atoms with Gasteiger partial charge >= 0.3 is 5.97 Å². The number of methoxy groups -OCH3 is 1. The predicted molar refractivity (Wildman–Crippen MR) is 152 cm³/mol. The van der Waals surface area contributed by atoms with Gasteiger partial charge in [-0.1, -0.05) is 25.7 Å². The van der Waals surface area contributed by atoms with Crippen LogP contribution in [0.4, 0.5) is 0 Å². The molecule has 16 heteroatoms. The van der Waals surface area contributed by atoms with Gasteiger partial charge < -0.3 is 69.9 Å². The second kappa shape index (κ2) is 17.9. The number of unbranched alkanes of at least 4 members (excludes halogenated alkanes) is 5. The lowest BCUT2D eigenvalue weighted by atomic mass is 9.95. The highest BCUT2D eigenvalue weighted by Crippen LogP contribution is 2.31. The lowest BCUT2D eigenvalue weighted by molar-refractivity contribution is -0.344. The lowest BCUT2D eigenvalue weighted by Crippen LogP contribution is -2.68. The molecule has 2 aliphatic heterocycles. The number of benzene rings is 1. The molecule has 0 saturated carbocycles. The summed E-state index contributed by atoms with van der Waals surface area (Å²) in [4.78, 5) is 24.4. The zero-order valence-corrected chi connectivity index (χ0v) is 25.0. The summed E-state index contributed by atoms with van der Waals surface area (Å²) in [7, 11) is 1.35. The lowest BCUT2D eigenvalue weighted by Gasteiger charge is -2.47. The predicted octanol–water partition coefficient (Wildman–Crippen LogP) is -1.62. The van der Waals surface area contributed by atoms with Crippen molar-refractivity contribution in [3.05, 3.63) is 23.8 Å². The van der Waals surface area contributed by atoms with E-state index in [9.17, 15) is 50.4 Å². The van der Waals surface area contributed by atoms with Crippen LogP contribution >= 0.6 is 0 Å². The van der Waals surface area contributed by atoms with Crippen molar-refractivity contribution in [1.29, 1.82) is 0 Å². The van der Waals surface area contributed by atoms with E-state index in [2.05, 4.69) is 10.1 Å². The average molecular weight is 648 g/mol. The Hall–Kier alpha value is -2.64. The molecule has 1 aromatic rings. The monoisotopic (exact) mass is 647 g/mol. The summed E-state index contributed by atoms with van der Waals surface area (Å²) in [6.45, 7) is -1.28. The number of carbonyl (C=O) groups excluding carboxylic acids is 2. The van der Waals surface area contributed by atoms with Crippen LogP contribution in [0, 0.1) is 0 Å². The zero-order chi connectivity index (χ0) is 33.1. The van der Waals surface area contributed by atoms with Crippen molar-refractivity contribution in [2.45, 2.75) is 106 Å².